The fourth-order valence-electron chi connectivity index (χ4n) is 4.73. The summed E-state index contributed by atoms with van der Waals surface area (Å²) in [7, 11) is 0. The molecule has 3 nitrogen and oxygen atoms in total. The van der Waals surface area contributed by atoms with Crippen molar-refractivity contribution in [1.29, 1.82) is 0 Å². The van der Waals surface area contributed by atoms with Gasteiger partial charge in [-0.2, -0.15) is 0 Å². The Hall–Kier alpha value is -1.56. The summed E-state index contributed by atoms with van der Waals surface area (Å²) < 4.78 is 13.3. The van der Waals surface area contributed by atoms with Crippen molar-refractivity contribution in [2.24, 2.45) is 11.8 Å². The molecule has 1 unspecified atom stereocenters. The molecule has 1 saturated heterocycles. The highest BCUT2D eigenvalue weighted by Gasteiger charge is 2.48. The zero-order valence-electron chi connectivity index (χ0n) is 15.6. The summed E-state index contributed by atoms with van der Waals surface area (Å²) in [5.41, 5.74) is 1.32. The van der Waals surface area contributed by atoms with Gasteiger partial charge in [0.1, 0.15) is 11.6 Å². The van der Waals surface area contributed by atoms with E-state index in [1.54, 1.807) is 30.0 Å². The Morgan fingerprint density at radius 3 is 2.41 bits per heavy atom. The van der Waals surface area contributed by atoms with Crippen LogP contribution < -0.4 is 0 Å². The van der Waals surface area contributed by atoms with Crippen LogP contribution in [0.25, 0.3) is 0 Å². The van der Waals surface area contributed by atoms with E-state index in [0.29, 0.717) is 24.0 Å². The van der Waals surface area contributed by atoms with Gasteiger partial charge in [-0.05, 0) is 79.1 Å². The second kappa shape index (κ2) is 7.46. The Labute approximate surface area is 164 Å². The van der Waals surface area contributed by atoms with Gasteiger partial charge in [0.2, 0.25) is 0 Å². The molecule has 1 aliphatic heterocycles. The Balaban J connectivity index is 1.31. The molecule has 1 heterocycles. The van der Waals surface area contributed by atoms with Gasteiger partial charge >= 0.3 is 0 Å². The van der Waals surface area contributed by atoms with Crippen LogP contribution >= 0.6 is 11.8 Å². The van der Waals surface area contributed by atoms with Gasteiger partial charge in [0.15, 0.2) is 0 Å². The summed E-state index contributed by atoms with van der Waals surface area (Å²) >= 11 is 1.79. The molecule has 27 heavy (non-hydrogen) atoms. The van der Waals surface area contributed by atoms with E-state index in [2.05, 4.69) is 4.90 Å². The number of aliphatic hydroxyl groups is 1. The Bertz CT molecular complexity index is 796. The maximum atomic E-state index is 13.3. The smallest absolute Gasteiger partial charge is 0.123 e. The van der Waals surface area contributed by atoms with Crippen LogP contribution in [0.1, 0.15) is 24.0 Å². The van der Waals surface area contributed by atoms with E-state index >= 15 is 0 Å². The minimum absolute atomic E-state index is 0.215. The second-order valence-electron chi connectivity index (χ2n) is 8.20. The van der Waals surface area contributed by atoms with Crippen LogP contribution in [-0.2, 0) is 6.42 Å². The number of benzene rings is 2. The monoisotopic (exact) mass is 387 g/mol. The molecule has 3 atom stereocenters. The number of phenolic OH excluding ortho intramolecular Hbond substituents is 1. The molecule has 1 saturated carbocycles. The van der Waals surface area contributed by atoms with Crippen molar-refractivity contribution in [3.63, 3.8) is 0 Å². The maximum absolute atomic E-state index is 13.3. The van der Waals surface area contributed by atoms with Crippen LogP contribution in [0.4, 0.5) is 4.39 Å². The molecule has 0 spiro atoms. The number of nitrogens with zero attached hydrogens (tertiary/aromatic N) is 1. The first-order chi connectivity index (χ1) is 12.9. The van der Waals surface area contributed by atoms with Crippen LogP contribution in [0.5, 0.6) is 5.75 Å². The average molecular weight is 388 g/mol. The number of phenols is 1. The third kappa shape index (κ3) is 4.31. The Morgan fingerprint density at radius 1 is 1.11 bits per heavy atom. The molecule has 2 fully saturated rings. The minimum Gasteiger partial charge on any atom is -0.508 e. The molecule has 0 aromatic heterocycles. The van der Waals surface area contributed by atoms with Crippen LogP contribution in [0.2, 0.25) is 0 Å². The summed E-state index contributed by atoms with van der Waals surface area (Å²) in [6, 6.07) is 12.2. The van der Waals surface area contributed by atoms with Gasteiger partial charge in [-0.25, -0.2) is 4.39 Å². The molecule has 2 N–H and O–H groups in total. The van der Waals surface area contributed by atoms with Gasteiger partial charge < -0.3 is 10.2 Å². The molecular weight excluding hydrogens is 361 g/mol. The molecule has 144 valence electrons. The molecule has 5 heteroatoms. The lowest BCUT2D eigenvalue weighted by molar-refractivity contribution is 0.0361. The van der Waals surface area contributed by atoms with Crippen molar-refractivity contribution in [3.05, 3.63) is 59.4 Å². The number of fused-ring (bicyclic) bond motifs is 1. The van der Waals surface area contributed by atoms with Crippen molar-refractivity contribution in [2.75, 3.05) is 19.0 Å². The fourth-order valence-corrected chi connectivity index (χ4v) is 5.60. The number of aromatic hydroxyl groups is 1. The van der Waals surface area contributed by atoms with Gasteiger partial charge in [-0.1, -0.05) is 6.07 Å². The maximum Gasteiger partial charge on any atom is 0.123 e. The van der Waals surface area contributed by atoms with Crippen LogP contribution in [0.15, 0.2) is 47.4 Å². The molecule has 4 rings (SSSR count). The highest BCUT2D eigenvalue weighted by molar-refractivity contribution is 7.99. The highest BCUT2D eigenvalue weighted by atomic mass is 32.2. The van der Waals surface area contributed by atoms with Gasteiger partial charge in [0.25, 0.3) is 0 Å². The van der Waals surface area contributed by atoms with E-state index in [1.807, 2.05) is 25.1 Å². The molecule has 2 aromatic carbocycles. The Kier molecular flexibility index (Phi) is 5.19. The number of hydrogen-bond donors (Lipinski definition) is 2. The third-order valence-electron chi connectivity index (χ3n) is 6.01. The number of likely N-dealkylation sites (tertiary alicyclic amines) is 1. The van der Waals surface area contributed by atoms with Gasteiger partial charge in [0, 0.05) is 30.3 Å². The Morgan fingerprint density at radius 2 is 1.78 bits per heavy atom. The molecule has 0 amide bonds. The lowest BCUT2D eigenvalue weighted by atomic mass is 9.89. The van der Waals surface area contributed by atoms with Crippen molar-refractivity contribution in [2.45, 2.75) is 36.7 Å². The molecule has 0 radical (unpaired) electrons. The van der Waals surface area contributed by atoms with E-state index < -0.39 is 5.60 Å². The van der Waals surface area contributed by atoms with Crippen molar-refractivity contribution < 1.29 is 14.6 Å². The molecular formula is C22H26FNO2S. The first kappa shape index (κ1) is 18.8. The van der Waals surface area contributed by atoms with E-state index in [9.17, 15) is 14.6 Å². The fraction of sp³-hybridized carbons (Fsp3) is 0.455. The largest absolute Gasteiger partial charge is 0.508 e. The molecule has 2 aliphatic rings. The van der Waals surface area contributed by atoms with Crippen molar-refractivity contribution >= 4 is 11.8 Å². The predicted molar refractivity (Wildman–Crippen MR) is 106 cm³/mol. The van der Waals surface area contributed by atoms with E-state index in [-0.39, 0.29) is 5.82 Å². The van der Waals surface area contributed by atoms with E-state index in [4.69, 9.17) is 0 Å². The average Bonchev–Trinajstić information content (AvgIpc) is 3.11. The lowest BCUT2D eigenvalue weighted by Crippen LogP contribution is -2.32. The topological polar surface area (TPSA) is 43.7 Å². The second-order valence-corrected chi connectivity index (χ2v) is 9.22. The predicted octanol–water partition coefficient (Wildman–Crippen LogP) is 4.20. The zero-order valence-corrected chi connectivity index (χ0v) is 16.4. The summed E-state index contributed by atoms with van der Waals surface area (Å²) in [6.45, 7) is 3.97. The van der Waals surface area contributed by atoms with Crippen LogP contribution in [0, 0.1) is 24.6 Å². The number of halogens is 1. The standard InChI is InChI=1S/C22H26FNO2S/c1-15-8-19(23)3-2-16(15)9-22(26)10-17-12-24(13-18(17)11-22)14-27-21-6-4-20(25)5-7-21/h2-8,17-18,25-26H,9-14H2,1H3/t17-,18+,22?. The number of aryl methyl sites for hydroxylation is 1. The van der Waals surface area contributed by atoms with Crippen LogP contribution in [-0.4, -0.2) is 39.7 Å². The van der Waals surface area contributed by atoms with Crippen LogP contribution in [0.3, 0.4) is 0 Å². The number of hydrogen-bond acceptors (Lipinski definition) is 4. The van der Waals surface area contributed by atoms with Gasteiger partial charge in [0.05, 0.1) is 5.60 Å². The minimum atomic E-state index is -0.659. The summed E-state index contributed by atoms with van der Waals surface area (Å²) in [5, 5.41) is 20.5. The molecule has 2 aromatic rings. The summed E-state index contributed by atoms with van der Waals surface area (Å²) in [4.78, 5) is 3.63. The summed E-state index contributed by atoms with van der Waals surface area (Å²) in [6.07, 6.45) is 2.28. The first-order valence-corrected chi connectivity index (χ1v) is 10.5. The zero-order chi connectivity index (χ0) is 19.0. The highest BCUT2D eigenvalue weighted by Crippen LogP contribution is 2.46. The first-order valence-electron chi connectivity index (χ1n) is 9.52. The normalized spacial score (nSPS) is 27.8. The quantitative estimate of drug-likeness (QED) is 0.755. The van der Waals surface area contributed by atoms with Gasteiger partial charge in [-0.3, -0.25) is 4.90 Å². The van der Waals surface area contributed by atoms with Crippen molar-refractivity contribution in [3.8, 4) is 5.75 Å². The third-order valence-corrected chi connectivity index (χ3v) is 7.11. The van der Waals surface area contributed by atoms with Gasteiger partial charge in [-0.15, -0.1) is 11.8 Å². The molecule has 0 bridgehead atoms. The lowest BCUT2D eigenvalue weighted by Gasteiger charge is -2.26. The number of rotatable bonds is 5. The van der Waals surface area contributed by atoms with E-state index in [0.717, 1.165) is 47.8 Å². The number of thioether (sulfide) groups is 1. The molecule has 1 aliphatic carbocycles. The summed E-state index contributed by atoms with van der Waals surface area (Å²) in [5.74, 6) is 2.10. The van der Waals surface area contributed by atoms with E-state index in [1.165, 1.54) is 6.07 Å². The SMILES string of the molecule is Cc1cc(F)ccc1CC1(O)C[C@H]2CN(CSc3ccc(O)cc3)C[C@H]2C1. The van der Waals surface area contributed by atoms with Crippen molar-refractivity contribution in [1.82, 2.24) is 4.90 Å².